The molecule has 6 nitrogen and oxygen atoms in total. The first-order valence-corrected chi connectivity index (χ1v) is 14.4. The fraction of sp³-hybridized carbons (Fsp3) is 0.182. The lowest BCUT2D eigenvalue weighted by molar-refractivity contribution is -0.136. The highest BCUT2D eigenvalue weighted by molar-refractivity contribution is 7.07. The van der Waals surface area contributed by atoms with Crippen molar-refractivity contribution in [2.75, 3.05) is 7.11 Å². The average Bonchev–Trinajstić information content (AvgIpc) is 3.30. The van der Waals surface area contributed by atoms with E-state index >= 15 is 0 Å². The molecule has 0 radical (unpaired) electrons. The molecule has 1 atom stereocenters. The third kappa shape index (κ3) is 5.97. The SMILES string of the molecule is C=CCc1cc(/C=c2\sc3n(c2=O)[C@H](c2ccccc2)C(C(=O)OC)=C(CC)N=3)ccc1OCc1ccc(Cl)cc1. The quantitative estimate of drug-likeness (QED) is 0.185. The Morgan fingerprint density at radius 1 is 1.12 bits per heavy atom. The van der Waals surface area contributed by atoms with Gasteiger partial charge in [0, 0.05) is 5.02 Å². The molecule has 1 aliphatic rings. The molecule has 0 aliphatic carbocycles. The number of halogens is 1. The highest BCUT2D eigenvalue weighted by Crippen LogP contribution is 2.31. The van der Waals surface area contributed by atoms with Gasteiger partial charge >= 0.3 is 5.97 Å². The minimum atomic E-state index is -0.628. The van der Waals surface area contributed by atoms with Crippen LogP contribution in [0.1, 0.15) is 41.6 Å². The van der Waals surface area contributed by atoms with Gasteiger partial charge < -0.3 is 9.47 Å². The third-order valence-electron chi connectivity index (χ3n) is 6.82. The van der Waals surface area contributed by atoms with Crippen molar-refractivity contribution in [1.29, 1.82) is 0 Å². The normalized spacial score (nSPS) is 14.8. The number of carbonyl (C=O) groups excluding carboxylic acids is 1. The van der Waals surface area contributed by atoms with Gasteiger partial charge in [0.1, 0.15) is 12.4 Å². The molecule has 0 unspecified atom stereocenters. The zero-order valence-corrected chi connectivity index (χ0v) is 24.4. The lowest BCUT2D eigenvalue weighted by Gasteiger charge is -2.25. The molecule has 0 bridgehead atoms. The molecule has 0 N–H and O–H groups in total. The van der Waals surface area contributed by atoms with E-state index in [9.17, 15) is 9.59 Å². The van der Waals surface area contributed by atoms with Gasteiger partial charge in [0.2, 0.25) is 0 Å². The number of esters is 1. The summed E-state index contributed by atoms with van der Waals surface area (Å²) in [6.45, 7) is 6.24. The second-order valence-electron chi connectivity index (χ2n) is 9.47. The van der Waals surface area contributed by atoms with Gasteiger partial charge in [-0.3, -0.25) is 9.36 Å². The maximum atomic E-state index is 13.9. The van der Waals surface area contributed by atoms with E-state index in [0.717, 1.165) is 28.0 Å². The molecule has 8 heteroatoms. The number of thiazole rings is 1. The number of nitrogens with zero attached hydrogens (tertiary/aromatic N) is 2. The van der Waals surface area contributed by atoms with Gasteiger partial charge in [0.25, 0.3) is 5.56 Å². The van der Waals surface area contributed by atoms with E-state index in [0.29, 0.717) is 45.1 Å². The number of hydrogen-bond donors (Lipinski definition) is 0. The van der Waals surface area contributed by atoms with E-state index < -0.39 is 12.0 Å². The summed E-state index contributed by atoms with van der Waals surface area (Å²) in [7, 11) is 1.35. The lowest BCUT2D eigenvalue weighted by Crippen LogP contribution is -2.40. The lowest BCUT2D eigenvalue weighted by atomic mass is 9.95. The van der Waals surface area contributed by atoms with Crippen LogP contribution >= 0.6 is 22.9 Å². The summed E-state index contributed by atoms with van der Waals surface area (Å²) >= 11 is 7.31. The molecule has 0 amide bonds. The van der Waals surface area contributed by atoms with Crippen LogP contribution in [0, 0.1) is 0 Å². The van der Waals surface area contributed by atoms with Crippen LogP contribution < -0.4 is 19.6 Å². The van der Waals surface area contributed by atoms with Gasteiger partial charge in [-0.05, 0) is 65.4 Å². The monoisotopic (exact) mass is 584 g/mol. The van der Waals surface area contributed by atoms with Crippen LogP contribution in [0.5, 0.6) is 5.75 Å². The third-order valence-corrected chi connectivity index (χ3v) is 8.05. The standard InChI is InChI=1S/C33H29ClN2O4S/c1-4-9-24-18-22(14-17-27(24)40-20-21-12-15-25(34)16-13-21)19-28-31(37)36-30(23-10-7-6-8-11-23)29(32(38)39-3)26(5-2)35-33(36)41-28/h4,6-8,10-19,30H,1,5,9,20H2,2-3H3/b28-19-/t30-/m1/s1. The average molecular weight is 585 g/mol. The summed E-state index contributed by atoms with van der Waals surface area (Å²) in [4.78, 5) is 32.1. The van der Waals surface area contributed by atoms with Gasteiger partial charge in [-0.1, -0.05) is 84.5 Å². The van der Waals surface area contributed by atoms with Crippen molar-refractivity contribution in [3.05, 3.63) is 144 Å². The number of fused-ring (bicyclic) bond motifs is 1. The molecule has 3 aromatic carbocycles. The Morgan fingerprint density at radius 2 is 1.88 bits per heavy atom. The van der Waals surface area contributed by atoms with Gasteiger partial charge in [0.15, 0.2) is 4.80 Å². The highest BCUT2D eigenvalue weighted by atomic mass is 35.5. The van der Waals surface area contributed by atoms with E-state index in [2.05, 4.69) is 6.58 Å². The van der Waals surface area contributed by atoms with Crippen molar-refractivity contribution < 1.29 is 14.3 Å². The van der Waals surface area contributed by atoms with Crippen molar-refractivity contribution in [2.45, 2.75) is 32.4 Å². The molecule has 0 saturated heterocycles. The van der Waals surface area contributed by atoms with Crippen molar-refractivity contribution in [1.82, 2.24) is 4.57 Å². The Morgan fingerprint density at radius 3 is 2.56 bits per heavy atom. The number of methoxy groups -OCH3 is 1. The maximum absolute atomic E-state index is 13.9. The second kappa shape index (κ2) is 12.5. The number of carbonyl (C=O) groups is 1. The Bertz CT molecular complexity index is 1800. The number of ether oxygens (including phenoxy) is 2. The topological polar surface area (TPSA) is 69.9 Å². The van der Waals surface area contributed by atoms with Crippen LogP contribution in [-0.2, 0) is 22.6 Å². The number of benzene rings is 3. The zero-order chi connectivity index (χ0) is 28.9. The number of hydrogen-bond acceptors (Lipinski definition) is 6. The van der Waals surface area contributed by atoms with Crippen LogP contribution in [0.15, 0.2) is 107 Å². The largest absolute Gasteiger partial charge is 0.489 e. The molecule has 0 spiro atoms. The molecular formula is C33H29ClN2O4S. The first kappa shape index (κ1) is 28.3. The smallest absolute Gasteiger partial charge is 0.338 e. The Hall–Kier alpha value is -4.20. The predicted molar refractivity (Wildman–Crippen MR) is 163 cm³/mol. The maximum Gasteiger partial charge on any atom is 0.338 e. The summed E-state index contributed by atoms with van der Waals surface area (Å²) in [6.07, 6.45) is 4.81. The summed E-state index contributed by atoms with van der Waals surface area (Å²) in [6, 6.07) is 22.3. The summed E-state index contributed by atoms with van der Waals surface area (Å²) in [5.41, 5.74) is 4.42. The van der Waals surface area contributed by atoms with Crippen LogP contribution in [0.2, 0.25) is 5.02 Å². The summed E-state index contributed by atoms with van der Waals surface area (Å²) in [5, 5.41) is 0.679. The molecule has 1 aliphatic heterocycles. The van der Waals surface area contributed by atoms with Crippen molar-refractivity contribution in [3.8, 4) is 5.75 Å². The summed E-state index contributed by atoms with van der Waals surface area (Å²) < 4.78 is 13.4. The molecule has 0 saturated carbocycles. The van der Waals surface area contributed by atoms with Crippen LogP contribution in [0.25, 0.3) is 6.08 Å². The van der Waals surface area contributed by atoms with E-state index in [4.69, 9.17) is 26.1 Å². The predicted octanol–water partition coefficient (Wildman–Crippen LogP) is 5.76. The minimum Gasteiger partial charge on any atom is -0.489 e. The Labute approximate surface area is 247 Å². The van der Waals surface area contributed by atoms with Crippen LogP contribution in [0.4, 0.5) is 0 Å². The number of rotatable bonds is 9. The second-order valence-corrected chi connectivity index (χ2v) is 10.9. The highest BCUT2D eigenvalue weighted by Gasteiger charge is 2.33. The van der Waals surface area contributed by atoms with E-state index in [1.807, 2.05) is 91.9 Å². The van der Waals surface area contributed by atoms with Gasteiger partial charge in [-0.25, -0.2) is 9.79 Å². The van der Waals surface area contributed by atoms with Crippen molar-refractivity contribution in [3.63, 3.8) is 0 Å². The van der Waals surface area contributed by atoms with E-state index in [1.165, 1.54) is 18.4 Å². The van der Waals surface area contributed by atoms with Gasteiger partial charge in [-0.15, -0.1) is 6.58 Å². The fourth-order valence-corrected chi connectivity index (χ4v) is 6.00. The number of aromatic nitrogens is 1. The van der Waals surface area contributed by atoms with Crippen molar-refractivity contribution in [2.24, 2.45) is 4.99 Å². The molecule has 208 valence electrons. The molecule has 4 aromatic rings. The molecule has 2 heterocycles. The molecule has 5 rings (SSSR count). The molecule has 0 fully saturated rings. The molecule has 1 aromatic heterocycles. The van der Waals surface area contributed by atoms with E-state index in [1.54, 1.807) is 4.57 Å². The van der Waals surface area contributed by atoms with Gasteiger partial charge in [-0.2, -0.15) is 0 Å². The Balaban J connectivity index is 1.56. The van der Waals surface area contributed by atoms with Crippen LogP contribution in [-0.4, -0.2) is 17.6 Å². The number of allylic oxidation sites excluding steroid dienone is 2. The first-order chi connectivity index (χ1) is 19.9. The van der Waals surface area contributed by atoms with Crippen molar-refractivity contribution >= 4 is 35.0 Å². The minimum absolute atomic E-state index is 0.215. The van der Waals surface area contributed by atoms with Crippen LogP contribution in [0.3, 0.4) is 0 Å². The zero-order valence-electron chi connectivity index (χ0n) is 22.8. The van der Waals surface area contributed by atoms with E-state index in [-0.39, 0.29) is 5.56 Å². The van der Waals surface area contributed by atoms with Gasteiger partial charge in [0.05, 0.1) is 29.0 Å². The molecule has 41 heavy (non-hydrogen) atoms. The Kier molecular flexibility index (Phi) is 8.67. The molecular weight excluding hydrogens is 556 g/mol. The fourth-order valence-electron chi connectivity index (χ4n) is 4.85. The summed E-state index contributed by atoms with van der Waals surface area (Å²) in [5.74, 6) is 0.259. The first-order valence-electron chi connectivity index (χ1n) is 13.2.